The third kappa shape index (κ3) is 19.4. The van der Waals surface area contributed by atoms with Gasteiger partial charge in [0.1, 0.15) is 31.8 Å². The second-order valence-electron chi connectivity index (χ2n) is 9.64. The third-order valence-electron chi connectivity index (χ3n) is 6.37. The minimum absolute atomic E-state index is 0. The molecule has 6 aromatic rings. The van der Waals surface area contributed by atoms with Gasteiger partial charge in [0.15, 0.2) is 4.30 Å². The first-order valence-electron chi connectivity index (χ1n) is 14.7. The molecular formula is C37H33Cl3N2O6P2Pt+2. The Morgan fingerprint density at radius 2 is 0.451 bits per heavy atom. The number of benzene rings is 6. The van der Waals surface area contributed by atoms with E-state index in [0.29, 0.717) is 0 Å². The molecule has 0 amide bonds. The van der Waals surface area contributed by atoms with Gasteiger partial charge in [-0.25, -0.2) is 0 Å². The summed E-state index contributed by atoms with van der Waals surface area (Å²) in [4.78, 5) is 16.5. The van der Waals surface area contributed by atoms with Gasteiger partial charge in [0.05, 0.1) is 26.0 Å². The van der Waals surface area contributed by atoms with Gasteiger partial charge in [-0.15, -0.1) is 0 Å². The van der Waals surface area contributed by atoms with E-state index in [9.17, 15) is 0 Å². The Balaban J connectivity index is 0.000000384. The topological polar surface area (TPSA) is 132 Å². The van der Waals surface area contributed by atoms with E-state index in [1.165, 1.54) is 31.8 Å². The summed E-state index contributed by atoms with van der Waals surface area (Å²) >= 11 is 14.4. The predicted octanol–water partition coefficient (Wildman–Crippen LogP) is 7.86. The average Bonchev–Trinajstić information content (AvgIpc) is 3.11. The van der Waals surface area contributed by atoms with Crippen molar-refractivity contribution in [3.05, 3.63) is 213 Å². The number of hydrogen-bond donors (Lipinski definition) is 0. The Labute approximate surface area is 328 Å². The largest absolute Gasteiger partial charge is 2.00 e. The van der Waals surface area contributed by atoms with Crippen molar-refractivity contribution in [2.75, 3.05) is 0 Å². The molecule has 0 heterocycles. The van der Waals surface area contributed by atoms with Crippen molar-refractivity contribution in [1.82, 2.24) is 0 Å². The van der Waals surface area contributed by atoms with Gasteiger partial charge in [-0.2, -0.15) is 0 Å². The summed E-state index contributed by atoms with van der Waals surface area (Å²) in [6, 6.07) is 65.0. The Morgan fingerprint density at radius 1 is 0.353 bits per heavy atom. The smallest absolute Gasteiger partial charge is 0.356 e. The minimum atomic E-state index is -1.75. The third-order valence-corrected chi connectivity index (χ3v) is 11.8. The summed E-state index contributed by atoms with van der Waals surface area (Å²) in [5.41, 5.74) is 0. The van der Waals surface area contributed by atoms with Gasteiger partial charge in [0.25, 0.3) is 0 Å². The SMILES string of the molecule is ClC(Cl)Cl.O=[N+]([O-])[O-].O=[N+]([O-])[O-].[Pt+2].c1ccc([PH+](c2ccccc2)c2ccccc2)cc1.c1ccc([PH+](c2ccccc2)c2ccccc2)cc1. The number of alkyl halides is 3. The molecule has 0 bridgehead atoms. The zero-order valence-electron chi connectivity index (χ0n) is 26.7. The molecule has 51 heavy (non-hydrogen) atoms. The van der Waals surface area contributed by atoms with Crippen LogP contribution in [0, 0.1) is 30.6 Å². The van der Waals surface area contributed by atoms with Gasteiger partial charge >= 0.3 is 21.1 Å². The van der Waals surface area contributed by atoms with Crippen LogP contribution in [0.2, 0.25) is 0 Å². The fourth-order valence-corrected chi connectivity index (χ4v) is 9.78. The molecule has 6 rings (SSSR count). The van der Waals surface area contributed by atoms with E-state index in [1.807, 2.05) is 0 Å². The first-order valence-corrected chi connectivity index (χ1v) is 19.0. The monoisotopic (exact) mass is 963 g/mol. The fraction of sp³-hybridized carbons (Fsp3) is 0.0270. The van der Waals surface area contributed by atoms with Gasteiger partial charge in [-0.05, 0) is 72.8 Å². The summed E-state index contributed by atoms with van der Waals surface area (Å²) in [5.74, 6) is 0. The maximum absolute atomic E-state index is 8.25. The molecule has 8 nitrogen and oxygen atoms in total. The second-order valence-corrected chi connectivity index (χ2v) is 16.6. The molecule has 14 heteroatoms. The van der Waals surface area contributed by atoms with E-state index in [0.717, 1.165) is 0 Å². The Bertz CT molecular complexity index is 1450. The van der Waals surface area contributed by atoms with Crippen LogP contribution in [0.15, 0.2) is 182 Å². The van der Waals surface area contributed by atoms with Crippen LogP contribution in [0.25, 0.3) is 0 Å². The van der Waals surface area contributed by atoms with E-state index in [2.05, 4.69) is 182 Å². The molecule has 0 saturated carbocycles. The molecular weight excluding hydrogens is 932 g/mol. The van der Waals surface area contributed by atoms with E-state index in [-0.39, 0.29) is 21.1 Å². The number of nitrogens with zero attached hydrogens (tertiary/aromatic N) is 2. The first kappa shape index (κ1) is 45.2. The van der Waals surface area contributed by atoms with Crippen molar-refractivity contribution >= 4 is 82.5 Å². The summed E-state index contributed by atoms with van der Waals surface area (Å²) in [7, 11) is -1.75. The molecule has 0 spiro atoms. The van der Waals surface area contributed by atoms with Crippen LogP contribution in [0.4, 0.5) is 0 Å². The molecule has 6 aromatic carbocycles. The maximum atomic E-state index is 8.25. The molecule has 0 fully saturated rings. The molecule has 0 N–H and O–H groups in total. The molecule has 0 aliphatic rings. The van der Waals surface area contributed by atoms with Crippen molar-refractivity contribution in [1.29, 1.82) is 0 Å². The molecule has 0 unspecified atom stereocenters. The van der Waals surface area contributed by atoms with Crippen LogP contribution in [-0.4, -0.2) is 14.5 Å². The summed E-state index contributed by atoms with van der Waals surface area (Å²) in [5, 5.41) is 38.1. The second kappa shape index (κ2) is 26.9. The summed E-state index contributed by atoms with van der Waals surface area (Å²) in [6.45, 7) is 0. The van der Waals surface area contributed by atoms with Crippen LogP contribution >= 0.6 is 50.6 Å². The van der Waals surface area contributed by atoms with Crippen molar-refractivity contribution in [3.8, 4) is 0 Å². The number of rotatable bonds is 6. The van der Waals surface area contributed by atoms with Crippen molar-refractivity contribution in [2.24, 2.45) is 0 Å². The Hall–Kier alpha value is -3.86. The van der Waals surface area contributed by atoms with Crippen molar-refractivity contribution in [2.45, 2.75) is 4.30 Å². The number of hydrogen-bond acceptors (Lipinski definition) is 6. The van der Waals surface area contributed by atoms with Gasteiger partial charge in [-0.1, -0.05) is 144 Å². The van der Waals surface area contributed by atoms with Gasteiger partial charge in [0, 0.05) is 0 Å². The molecule has 0 aliphatic carbocycles. The standard InChI is InChI=1S/2C18H15P.CHCl3.2NO3.Pt/c2*1-4-10-16(11-5-1)19(17-12-6-2-7-13-17)18-14-8-3-9-15-18;3*2-1(3)4;/h2*1-15H;1H;;;/q;;;2*-1;+2/p+2. The molecule has 0 aliphatic heterocycles. The van der Waals surface area contributed by atoms with E-state index in [1.54, 1.807) is 0 Å². The van der Waals surface area contributed by atoms with Crippen LogP contribution in [-0.2, 0) is 21.1 Å². The zero-order chi connectivity index (χ0) is 36.6. The van der Waals surface area contributed by atoms with Gasteiger partial charge < -0.3 is 30.6 Å². The van der Waals surface area contributed by atoms with Crippen molar-refractivity contribution in [3.63, 3.8) is 0 Å². The molecule has 0 radical (unpaired) electrons. The molecule has 0 atom stereocenters. The van der Waals surface area contributed by atoms with Gasteiger partial charge in [0.2, 0.25) is 0 Å². The normalized spacial score (nSPS) is 9.53. The van der Waals surface area contributed by atoms with Crippen molar-refractivity contribution < 1.29 is 31.2 Å². The maximum Gasteiger partial charge on any atom is 2.00 e. The molecule has 266 valence electrons. The zero-order valence-corrected chi connectivity index (χ0v) is 33.2. The minimum Gasteiger partial charge on any atom is -0.356 e. The molecule has 0 aromatic heterocycles. The quantitative estimate of drug-likeness (QED) is 0.0723. The Morgan fingerprint density at radius 3 is 0.549 bits per heavy atom. The van der Waals surface area contributed by atoms with Crippen LogP contribution in [0.3, 0.4) is 0 Å². The van der Waals surface area contributed by atoms with Crippen LogP contribution in [0.1, 0.15) is 0 Å². The Kier molecular flexibility index (Phi) is 23.8. The van der Waals surface area contributed by atoms with E-state index >= 15 is 0 Å². The number of halogens is 3. The fourth-order valence-electron chi connectivity index (χ4n) is 4.63. The van der Waals surface area contributed by atoms with E-state index < -0.39 is 30.3 Å². The average molecular weight is 965 g/mol. The van der Waals surface area contributed by atoms with Gasteiger partial charge in [-0.3, -0.25) is 0 Å². The predicted molar refractivity (Wildman–Crippen MR) is 215 cm³/mol. The van der Waals surface area contributed by atoms with Crippen LogP contribution in [0.5, 0.6) is 0 Å². The summed E-state index contributed by atoms with van der Waals surface area (Å²) in [6.07, 6.45) is 0. The summed E-state index contributed by atoms with van der Waals surface area (Å²) < 4.78 is -0.750. The van der Waals surface area contributed by atoms with E-state index in [4.69, 9.17) is 65.4 Å². The van der Waals surface area contributed by atoms with Crippen LogP contribution < -0.4 is 31.8 Å². The molecule has 0 saturated heterocycles. The first-order chi connectivity index (χ1) is 24.1.